The zero-order valence-electron chi connectivity index (χ0n) is 12.5. The van der Waals surface area contributed by atoms with Crippen molar-refractivity contribution in [2.45, 2.75) is 13.8 Å². The summed E-state index contributed by atoms with van der Waals surface area (Å²) in [6.07, 6.45) is 0. The van der Waals surface area contributed by atoms with E-state index in [2.05, 4.69) is 0 Å². The Kier molecular flexibility index (Phi) is 6.94. The zero-order chi connectivity index (χ0) is 17.0. The van der Waals surface area contributed by atoms with Gasteiger partial charge < -0.3 is 0 Å². The molecule has 2 unspecified atom stereocenters. The van der Waals surface area contributed by atoms with E-state index in [1.54, 1.807) is 12.1 Å². The summed E-state index contributed by atoms with van der Waals surface area (Å²) in [6.45, 7) is 3.31. The summed E-state index contributed by atoms with van der Waals surface area (Å²) in [7, 11) is 12.9. The van der Waals surface area contributed by atoms with Crippen LogP contribution in [0.3, 0.4) is 0 Å². The van der Waals surface area contributed by atoms with Crippen LogP contribution in [-0.4, -0.2) is 11.0 Å². The standard InChI is InChI=1S/2C8H8OP.2ClH.Pd/c2*1-6-4-2-3-5-7(6)8(9)10;;;/h2*2-5,10H,1H3;2*1H;/q2*-1;;;+4/p-2. The van der Waals surface area contributed by atoms with Crippen molar-refractivity contribution in [3.05, 3.63) is 70.8 Å². The van der Waals surface area contributed by atoms with Gasteiger partial charge in [0, 0.05) is 0 Å². The Morgan fingerprint density at radius 3 is 1.48 bits per heavy atom. The van der Waals surface area contributed by atoms with Crippen LogP contribution in [0.1, 0.15) is 31.8 Å². The normalized spacial score (nSPS) is 13.0. The van der Waals surface area contributed by atoms with Crippen LogP contribution in [0.5, 0.6) is 0 Å². The van der Waals surface area contributed by atoms with E-state index < -0.39 is 12.5 Å². The Morgan fingerprint density at radius 1 is 0.783 bits per heavy atom. The Bertz CT molecular complexity index is 689. The summed E-state index contributed by atoms with van der Waals surface area (Å²) < 4.78 is 0. The Balaban J connectivity index is 2.10. The topological polar surface area (TPSA) is 34.1 Å². The summed E-state index contributed by atoms with van der Waals surface area (Å²) in [5.41, 5.74) is 2.96. The molecule has 2 nitrogen and oxygen atoms in total. The second-order valence-electron chi connectivity index (χ2n) is 4.81. The van der Waals surface area contributed by atoms with Crippen LogP contribution < -0.4 is 0 Å². The number of carbonyl (C=O) groups excluding carboxylic acids is 2. The molecule has 0 bridgehead atoms. The number of hydrogen-bond donors (Lipinski definition) is 0. The van der Waals surface area contributed by atoms with E-state index in [4.69, 9.17) is 19.1 Å². The van der Waals surface area contributed by atoms with E-state index in [0.29, 0.717) is 11.1 Å². The van der Waals surface area contributed by atoms with Crippen LogP contribution >= 0.6 is 32.6 Å². The average Bonchev–Trinajstić information content (AvgIpc) is 2.46. The van der Waals surface area contributed by atoms with E-state index in [0.717, 1.165) is 11.1 Å². The predicted molar refractivity (Wildman–Crippen MR) is 99.4 cm³/mol. The molecular weight excluding hydrogens is 463 g/mol. The van der Waals surface area contributed by atoms with Crippen molar-refractivity contribution in [2.75, 3.05) is 0 Å². The third-order valence-electron chi connectivity index (χ3n) is 3.12. The number of aryl methyl sites for hydroxylation is 2. The van der Waals surface area contributed by atoms with E-state index in [-0.39, 0.29) is 24.6 Å². The Labute approximate surface area is 149 Å². The van der Waals surface area contributed by atoms with Gasteiger partial charge in [-0.05, 0) is 0 Å². The molecule has 0 N–H and O–H groups in total. The van der Waals surface area contributed by atoms with E-state index in [1.165, 1.54) is 0 Å². The first-order chi connectivity index (χ1) is 10.8. The molecule has 126 valence electrons. The third-order valence-corrected chi connectivity index (χ3v) is 16.4. The van der Waals surface area contributed by atoms with Gasteiger partial charge in [-0.15, -0.1) is 0 Å². The summed E-state index contributed by atoms with van der Waals surface area (Å²) in [4.78, 5) is 24.9. The van der Waals surface area contributed by atoms with Crippen molar-refractivity contribution in [1.82, 2.24) is 0 Å². The van der Waals surface area contributed by atoms with Gasteiger partial charge in [0.15, 0.2) is 0 Å². The van der Waals surface area contributed by atoms with Gasteiger partial charge in [0.1, 0.15) is 0 Å². The van der Waals surface area contributed by atoms with Gasteiger partial charge in [-0.25, -0.2) is 0 Å². The predicted octanol–water partition coefficient (Wildman–Crippen LogP) is 5.93. The van der Waals surface area contributed by atoms with E-state index >= 15 is 0 Å². The molecular formula is C16H16Cl2O2P2Pd. The Morgan fingerprint density at radius 2 is 1.13 bits per heavy atom. The fourth-order valence-corrected chi connectivity index (χ4v) is 14.4. The molecule has 2 aromatic rings. The van der Waals surface area contributed by atoms with E-state index in [1.807, 2.05) is 50.2 Å². The van der Waals surface area contributed by atoms with Crippen molar-refractivity contribution in [3.8, 4) is 0 Å². The second-order valence-corrected chi connectivity index (χ2v) is 27.3. The number of carbonyl (C=O) groups is 2. The third kappa shape index (κ3) is 5.44. The van der Waals surface area contributed by atoms with E-state index in [9.17, 15) is 9.59 Å². The van der Waals surface area contributed by atoms with Gasteiger partial charge in [0.25, 0.3) is 0 Å². The molecule has 23 heavy (non-hydrogen) atoms. The molecule has 2 atom stereocenters. The van der Waals surface area contributed by atoms with Crippen LogP contribution in [0.2, 0.25) is 0 Å². The molecule has 0 saturated carbocycles. The minimum absolute atomic E-state index is 0.0600. The maximum absolute atomic E-state index is 12.4. The second kappa shape index (κ2) is 8.31. The van der Waals surface area contributed by atoms with Gasteiger partial charge in [0.2, 0.25) is 0 Å². The van der Waals surface area contributed by atoms with Crippen LogP contribution in [0.25, 0.3) is 0 Å². The fraction of sp³-hybridized carbons (Fsp3) is 0.125. The molecule has 0 radical (unpaired) electrons. The first-order valence-corrected chi connectivity index (χ1v) is 16.9. The zero-order valence-corrected chi connectivity index (χ0v) is 17.6. The summed E-state index contributed by atoms with van der Waals surface area (Å²) in [6, 6.07) is 14.7. The van der Waals surface area contributed by atoms with Crippen molar-refractivity contribution < 1.29 is 22.1 Å². The van der Waals surface area contributed by atoms with Gasteiger partial charge >= 0.3 is 150 Å². The van der Waals surface area contributed by atoms with Gasteiger partial charge in [0.05, 0.1) is 0 Å². The number of halogens is 2. The molecule has 0 heterocycles. The fourth-order valence-electron chi connectivity index (χ4n) is 1.94. The molecule has 0 aliphatic carbocycles. The molecule has 0 aliphatic heterocycles. The van der Waals surface area contributed by atoms with Crippen LogP contribution in [0.4, 0.5) is 0 Å². The molecule has 0 fully saturated rings. The van der Waals surface area contributed by atoms with Gasteiger partial charge in [-0.2, -0.15) is 0 Å². The van der Waals surface area contributed by atoms with Crippen molar-refractivity contribution in [1.29, 1.82) is 0 Å². The van der Waals surface area contributed by atoms with Crippen LogP contribution in [-0.2, 0) is 12.5 Å². The monoisotopic (exact) mass is 478 g/mol. The molecule has 0 saturated heterocycles. The molecule has 2 rings (SSSR count). The number of rotatable bonds is 6. The molecule has 0 aromatic heterocycles. The average molecular weight is 480 g/mol. The molecule has 0 amide bonds. The summed E-state index contributed by atoms with van der Waals surface area (Å²) >= 11 is -3.07. The summed E-state index contributed by atoms with van der Waals surface area (Å²) in [5, 5.41) is 0. The minimum atomic E-state index is -3.07. The van der Waals surface area contributed by atoms with Crippen molar-refractivity contribution in [3.63, 3.8) is 0 Å². The number of benzene rings is 2. The molecule has 7 heteroatoms. The van der Waals surface area contributed by atoms with Gasteiger partial charge in [-0.1, -0.05) is 0 Å². The number of hydrogen-bond acceptors (Lipinski definition) is 2. The SMILES string of the molecule is Cc1ccccc1C(=O)[PH][Pd]([Cl])([Cl])[PH]C(=O)c1ccccc1C. The molecule has 2 aromatic carbocycles. The summed E-state index contributed by atoms with van der Waals surface area (Å²) in [5.74, 6) is 0. The van der Waals surface area contributed by atoms with Crippen LogP contribution in [0.15, 0.2) is 48.5 Å². The van der Waals surface area contributed by atoms with Crippen molar-refractivity contribution >= 4 is 43.6 Å². The van der Waals surface area contributed by atoms with Gasteiger partial charge in [-0.3, -0.25) is 0 Å². The molecule has 0 spiro atoms. The first kappa shape index (κ1) is 19.2. The maximum atomic E-state index is 12.4. The Hall–Kier alpha value is -0.118. The first-order valence-electron chi connectivity index (χ1n) is 6.62. The molecule has 0 aliphatic rings. The quantitative estimate of drug-likeness (QED) is 0.380. The van der Waals surface area contributed by atoms with Crippen LogP contribution in [0, 0.1) is 13.8 Å². The van der Waals surface area contributed by atoms with Crippen molar-refractivity contribution in [2.24, 2.45) is 0 Å².